The number of para-hydroxylation sites is 2. The van der Waals surface area contributed by atoms with E-state index in [1.165, 1.54) is 0 Å². The molecule has 122 valence electrons. The van der Waals surface area contributed by atoms with Gasteiger partial charge < -0.3 is 14.1 Å². The molecule has 0 atom stereocenters. The van der Waals surface area contributed by atoms with E-state index in [1.54, 1.807) is 0 Å². The third-order valence-corrected chi connectivity index (χ3v) is 4.79. The van der Waals surface area contributed by atoms with Gasteiger partial charge in [0.15, 0.2) is 5.75 Å². The van der Waals surface area contributed by atoms with Gasteiger partial charge >= 0.3 is 0 Å². The number of ether oxygens (including phenoxy) is 1. The van der Waals surface area contributed by atoms with Crippen molar-refractivity contribution < 1.29 is 9.22 Å². The number of rotatable bonds is 0. The summed E-state index contributed by atoms with van der Waals surface area (Å²) < 4.78 is 6.63. The average molecular weight is 341 g/mol. The number of hydrogen-bond acceptors (Lipinski definition) is 3. The van der Waals surface area contributed by atoms with Crippen LogP contribution in [0.15, 0.2) is 47.5 Å². The summed E-state index contributed by atoms with van der Waals surface area (Å²) in [6.07, 6.45) is 0. The highest BCUT2D eigenvalue weighted by atomic mass is 35.5. The molecule has 2 radical (unpaired) electrons. The Morgan fingerprint density at radius 1 is 1.12 bits per heavy atom. The molecule has 0 amide bonds. The highest BCUT2D eigenvalue weighted by Crippen LogP contribution is 2.39. The molecule has 4 rings (SSSR count). The van der Waals surface area contributed by atoms with Crippen LogP contribution in [0.2, 0.25) is 5.02 Å². The molecule has 2 aromatic rings. The standard InChI is InChI=1S/C19H19ClN3O/c1-23(2)11-9-22(10-12-23)19-15-13-14(20)7-8-17(15)24-18-6-4-3-5-16(18)21-19/h1,3-8,13H,9-12H2,2H3/q+1. The summed E-state index contributed by atoms with van der Waals surface area (Å²) in [4.78, 5) is 7.18. The molecule has 4 nitrogen and oxygen atoms in total. The Balaban J connectivity index is 1.81. The molecule has 0 spiro atoms. The van der Waals surface area contributed by atoms with E-state index in [4.69, 9.17) is 28.4 Å². The predicted molar refractivity (Wildman–Crippen MR) is 96.0 cm³/mol. The molecule has 0 aliphatic carbocycles. The first-order chi connectivity index (χ1) is 11.5. The Labute approximate surface area is 147 Å². The molecule has 2 aliphatic rings. The van der Waals surface area contributed by atoms with E-state index in [9.17, 15) is 0 Å². The van der Waals surface area contributed by atoms with Gasteiger partial charge in [-0.2, -0.15) is 0 Å². The number of fused-ring (bicyclic) bond motifs is 2. The van der Waals surface area contributed by atoms with Crippen LogP contribution in [0.25, 0.3) is 0 Å². The van der Waals surface area contributed by atoms with E-state index in [2.05, 4.69) is 11.9 Å². The van der Waals surface area contributed by atoms with Gasteiger partial charge in [0.2, 0.25) is 7.05 Å². The smallest absolute Gasteiger partial charge is 0.206 e. The number of aliphatic imine (C=N–C) groups is 1. The summed E-state index contributed by atoms with van der Waals surface area (Å²) in [5, 5.41) is 0.674. The topological polar surface area (TPSA) is 24.8 Å². The molecule has 0 saturated carbocycles. The van der Waals surface area contributed by atoms with Crippen molar-refractivity contribution in [3.8, 4) is 11.5 Å². The number of halogens is 1. The van der Waals surface area contributed by atoms with Gasteiger partial charge in [0.1, 0.15) is 17.3 Å². The van der Waals surface area contributed by atoms with Crippen molar-refractivity contribution in [2.75, 3.05) is 33.2 Å². The molecular formula is C19H19ClN3O+. The average Bonchev–Trinajstić information content (AvgIpc) is 2.71. The Bertz CT molecular complexity index is 806. The fraction of sp³-hybridized carbons (Fsp3) is 0.263. The van der Waals surface area contributed by atoms with Crippen molar-refractivity contribution in [1.82, 2.24) is 4.90 Å². The summed E-state index contributed by atoms with van der Waals surface area (Å²) in [6, 6.07) is 13.5. The normalized spacial score (nSPS) is 18.8. The van der Waals surface area contributed by atoms with Crippen LogP contribution in [0.4, 0.5) is 5.69 Å². The summed E-state index contributed by atoms with van der Waals surface area (Å²) in [5.74, 6) is 2.43. The minimum absolute atomic E-state index is 0.541. The van der Waals surface area contributed by atoms with Crippen LogP contribution >= 0.6 is 11.6 Å². The van der Waals surface area contributed by atoms with Crippen LogP contribution < -0.4 is 4.74 Å². The number of quaternary nitrogens is 1. The van der Waals surface area contributed by atoms with E-state index in [0.717, 1.165) is 54.8 Å². The zero-order valence-electron chi connectivity index (χ0n) is 13.6. The third-order valence-electron chi connectivity index (χ3n) is 4.56. The summed E-state index contributed by atoms with van der Waals surface area (Å²) >= 11 is 6.24. The molecule has 1 saturated heterocycles. The second-order valence-electron chi connectivity index (χ2n) is 6.56. The van der Waals surface area contributed by atoms with Gasteiger partial charge in [-0.15, -0.1) is 0 Å². The molecule has 0 aromatic heterocycles. The van der Waals surface area contributed by atoms with Crippen LogP contribution in [-0.4, -0.2) is 48.4 Å². The largest absolute Gasteiger partial charge is 0.454 e. The van der Waals surface area contributed by atoms with Crippen molar-refractivity contribution in [2.24, 2.45) is 4.99 Å². The zero-order chi connectivity index (χ0) is 16.7. The van der Waals surface area contributed by atoms with Crippen LogP contribution in [-0.2, 0) is 0 Å². The van der Waals surface area contributed by atoms with Crippen LogP contribution in [0.1, 0.15) is 5.56 Å². The van der Waals surface area contributed by atoms with Gasteiger partial charge in [0, 0.05) is 5.02 Å². The first kappa shape index (κ1) is 15.5. The van der Waals surface area contributed by atoms with Crippen LogP contribution in [0.5, 0.6) is 11.5 Å². The van der Waals surface area contributed by atoms with Crippen LogP contribution in [0.3, 0.4) is 0 Å². The predicted octanol–water partition coefficient (Wildman–Crippen LogP) is 3.95. The van der Waals surface area contributed by atoms with Crippen molar-refractivity contribution in [3.05, 3.63) is 60.1 Å². The van der Waals surface area contributed by atoms with Gasteiger partial charge in [0.05, 0.1) is 38.8 Å². The Morgan fingerprint density at radius 2 is 1.88 bits per heavy atom. The molecule has 2 aliphatic heterocycles. The van der Waals surface area contributed by atoms with Crippen molar-refractivity contribution in [1.29, 1.82) is 0 Å². The molecule has 24 heavy (non-hydrogen) atoms. The number of benzene rings is 2. The second-order valence-corrected chi connectivity index (χ2v) is 7.00. The van der Waals surface area contributed by atoms with Gasteiger partial charge in [-0.05, 0) is 30.3 Å². The highest BCUT2D eigenvalue weighted by molar-refractivity contribution is 6.31. The number of amidine groups is 1. The first-order valence-electron chi connectivity index (χ1n) is 8.05. The molecule has 0 N–H and O–H groups in total. The van der Waals surface area contributed by atoms with Gasteiger partial charge in [-0.25, -0.2) is 4.99 Å². The lowest BCUT2D eigenvalue weighted by Crippen LogP contribution is -2.55. The molecule has 0 unspecified atom stereocenters. The minimum atomic E-state index is 0.541. The SMILES string of the molecule is [CH][N+]1(C)CCN(C2=Nc3ccccc3Oc3ccc(Cl)cc32)CC1. The fourth-order valence-electron chi connectivity index (χ4n) is 3.07. The zero-order valence-corrected chi connectivity index (χ0v) is 14.3. The monoisotopic (exact) mass is 340 g/mol. The Kier molecular flexibility index (Phi) is 3.74. The lowest BCUT2D eigenvalue weighted by Gasteiger charge is -2.39. The lowest BCUT2D eigenvalue weighted by molar-refractivity contribution is -0.870. The number of hydrogen-bond donors (Lipinski definition) is 0. The highest BCUT2D eigenvalue weighted by Gasteiger charge is 2.30. The molecular weight excluding hydrogens is 322 g/mol. The maximum Gasteiger partial charge on any atom is 0.206 e. The number of likely N-dealkylation sites (N-methyl/N-ethyl adjacent to an activating group) is 1. The van der Waals surface area contributed by atoms with Gasteiger partial charge in [0.25, 0.3) is 0 Å². The van der Waals surface area contributed by atoms with Crippen LogP contribution in [0, 0.1) is 7.05 Å². The quantitative estimate of drug-likeness (QED) is 0.678. The molecule has 2 heterocycles. The Hall–Kier alpha value is -2.04. The van der Waals surface area contributed by atoms with Gasteiger partial charge in [-0.1, -0.05) is 23.7 Å². The first-order valence-corrected chi connectivity index (χ1v) is 8.43. The summed E-state index contributed by atoms with van der Waals surface area (Å²) in [6.45, 7) is 3.44. The van der Waals surface area contributed by atoms with E-state index in [-0.39, 0.29) is 0 Å². The Morgan fingerprint density at radius 3 is 2.67 bits per heavy atom. The van der Waals surface area contributed by atoms with E-state index < -0.39 is 0 Å². The number of nitrogens with zero attached hydrogens (tertiary/aromatic N) is 3. The number of piperazine rings is 1. The molecule has 2 aromatic carbocycles. The molecule has 1 fully saturated rings. The minimum Gasteiger partial charge on any atom is -0.454 e. The van der Waals surface area contributed by atoms with Crippen molar-refractivity contribution >= 4 is 23.1 Å². The fourth-order valence-corrected chi connectivity index (χ4v) is 3.24. The third kappa shape index (κ3) is 2.87. The van der Waals surface area contributed by atoms with E-state index in [0.29, 0.717) is 9.51 Å². The lowest BCUT2D eigenvalue weighted by atomic mass is 10.1. The summed E-state index contributed by atoms with van der Waals surface area (Å²) in [5.41, 5.74) is 1.75. The summed E-state index contributed by atoms with van der Waals surface area (Å²) in [7, 11) is 8.27. The van der Waals surface area contributed by atoms with Crippen molar-refractivity contribution in [2.45, 2.75) is 0 Å². The van der Waals surface area contributed by atoms with E-state index in [1.807, 2.05) is 42.5 Å². The van der Waals surface area contributed by atoms with E-state index >= 15 is 0 Å². The molecule has 0 bridgehead atoms. The second kappa shape index (κ2) is 5.80. The van der Waals surface area contributed by atoms with Gasteiger partial charge in [-0.3, -0.25) is 0 Å². The maximum absolute atomic E-state index is 6.24. The van der Waals surface area contributed by atoms with Crippen molar-refractivity contribution in [3.63, 3.8) is 0 Å². The maximum atomic E-state index is 6.24. The molecule has 5 heteroatoms.